The van der Waals surface area contributed by atoms with Crippen molar-refractivity contribution in [1.82, 2.24) is 0 Å². The quantitative estimate of drug-likeness (QED) is 0.479. The number of esters is 1. The highest BCUT2D eigenvalue weighted by atomic mass is 16.5. The Kier molecular flexibility index (Phi) is 4.64. The van der Waals surface area contributed by atoms with Crippen molar-refractivity contribution < 1.29 is 9.53 Å². The number of hydrogen-bond acceptors (Lipinski definition) is 2. The smallest absolute Gasteiger partial charge is 0.310 e. The van der Waals surface area contributed by atoms with Gasteiger partial charge >= 0.3 is 5.97 Å². The molecular formula is C10H18O2. The fourth-order valence-corrected chi connectivity index (χ4v) is 0.915. The predicted molar refractivity (Wildman–Crippen MR) is 49.6 cm³/mol. The largest absolute Gasteiger partial charge is 0.435 e. The van der Waals surface area contributed by atoms with E-state index in [1.165, 1.54) is 6.26 Å². The van der Waals surface area contributed by atoms with Crippen molar-refractivity contribution in [2.45, 2.75) is 40.0 Å². The summed E-state index contributed by atoms with van der Waals surface area (Å²) in [5.74, 6) is -0.186. The summed E-state index contributed by atoms with van der Waals surface area (Å²) < 4.78 is 4.58. The number of ether oxygens (including phenoxy) is 1. The fourth-order valence-electron chi connectivity index (χ4n) is 0.915. The van der Waals surface area contributed by atoms with Crippen LogP contribution in [0.4, 0.5) is 0 Å². The maximum absolute atomic E-state index is 10.8. The Hall–Kier alpha value is -0.790. The third-order valence-corrected chi connectivity index (χ3v) is 1.52. The van der Waals surface area contributed by atoms with Crippen LogP contribution in [0.1, 0.15) is 40.0 Å². The summed E-state index contributed by atoms with van der Waals surface area (Å²) in [7, 11) is 0. The van der Waals surface area contributed by atoms with Crippen LogP contribution in [-0.2, 0) is 9.53 Å². The lowest BCUT2D eigenvalue weighted by molar-refractivity contribution is -0.138. The molecule has 2 heteroatoms. The van der Waals surface area contributed by atoms with E-state index in [2.05, 4.69) is 32.1 Å². The second kappa shape index (κ2) is 4.96. The zero-order valence-corrected chi connectivity index (χ0v) is 8.22. The van der Waals surface area contributed by atoms with Gasteiger partial charge in [-0.1, -0.05) is 27.4 Å². The van der Waals surface area contributed by atoms with Crippen molar-refractivity contribution in [1.29, 1.82) is 0 Å². The minimum Gasteiger partial charge on any atom is -0.435 e. The van der Waals surface area contributed by atoms with Crippen LogP contribution in [-0.4, -0.2) is 5.97 Å². The van der Waals surface area contributed by atoms with Gasteiger partial charge in [-0.2, -0.15) is 0 Å². The molecule has 0 aromatic rings. The molecule has 0 N–H and O–H groups in total. The van der Waals surface area contributed by atoms with Gasteiger partial charge in [0.15, 0.2) is 0 Å². The highest BCUT2D eigenvalue weighted by Crippen LogP contribution is 2.21. The monoisotopic (exact) mass is 170 g/mol. The first kappa shape index (κ1) is 11.2. The molecule has 0 aliphatic rings. The highest BCUT2D eigenvalue weighted by Gasteiger charge is 2.10. The first-order valence-corrected chi connectivity index (χ1v) is 4.26. The first-order valence-electron chi connectivity index (χ1n) is 4.26. The van der Waals surface area contributed by atoms with Crippen LogP contribution >= 0.6 is 0 Å². The van der Waals surface area contributed by atoms with Gasteiger partial charge in [0.2, 0.25) is 0 Å². The molecule has 0 heterocycles. The molecule has 0 aliphatic carbocycles. The third kappa shape index (κ3) is 7.32. The van der Waals surface area contributed by atoms with Crippen LogP contribution in [0, 0.1) is 5.41 Å². The van der Waals surface area contributed by atoms with E-state index in [0.29, 0.717) is 11.8 Å². The predicted octanol–water partition coefficient (Wildman–Crippen LogP) is 2.89. The standard InChI is InChI=1S/C10H18O2/c1-5-12-9(11)7-6-8-10(2,3)4/h5H,1,6-8H2,2-4H3. The maximum Gasteiger partial charge on any atom is 0.310 e. The summed E-state index contributed by atoms with van der Waals surface area (Å²) in [4.78, 5) is 10.8. The normalized spacial score (nSPS) is 10.9. The van der Waals surface area contributed by atoms with Gasteiger partial charge in [-0.15, -0.1) is 0 Å². The summed E-state index contributed by atoms with van der Waals surface area (Å²) in [6.45, 7) is 9.79. The van der Waals surface area contributed by atoms with Crippen molar-refractivity contribution in [2.24, 2.45) is 5.41 Å². The number of carbonyl (C=O) groups is 1. The van der Waals surface area contributed by atoms with Crippen molar-refractivity contribution in [2.75, 3.05) is 0 Å². The van der Waals surface area contributed by atoms with E-state index in [0.717, 1.165) is 12.8 Å². The van der Waals surface area contributed by atoms with Gasteiger partial charge in [0.05, 0.1) is 6.26 Å². The van der Waals surface area contributed by atoms with Gasteiger partial charge in [0.25, 0.3) is 0 Å². The molecule has 0 amide bonds. The van der Waals surface area contributed by atoms with Crippen LogP contribution in [0.2, 0.25) is 0 Å². The fraction of sp³-hybridized carbons (Fsp3) is 0.700. The molecule has 70 valence electrons. The summed E-state index contributed by atoms with van der Waals surface area (Å²) in [5.41, 5.74) is 0.300. The molecule has 12 heavy (non-hydrogen) atoms. The zero-order valence-electron chi connectivity index (χ0n) is 8.22. The van der Waals surface area contributed by atoms with E-state index in [1.54, 1.807) is 0 Å². The van der Waals surface area contributed by atoms with Crippen molar-refractivity contribution in [3.8, 4) is 0 Å². The Morgan fingerprint density at radius 3 is 2.50 bits per heavy atom. The van der Waals surface area contributed by atoms with Crippen molar-refractivity contribution in [3.63, 3.8) is 0 Å². The molecule has 0 radical (unpaired) electrons. The number of carbonyl (C=O) groups excluding carboxylic acids is 1. The van der Waals surface area contributed by atoms with Crippen LogP contribution in [0.5, 0.6) is 0 Å². The van der Waals surface area contributed by atoms with E-state index >= 15 is 0 Å². The third-order valence-electron chi connectivity index (χ3n) is 1.52. The number of rotatable bonds is 4. The first-order chi connectivity index (χ1) is 5.45. The minimum absolute atomic E-state index is 0.186. The topological polar surface area (TPSA) is 26.3 Å². The maximum atomic E-state index is 10.8. The summed E-state index contributed by atoms with van der Waals surface area (Å²) >= 11 is 0. The molecule has 0 spiro atoms. The molecule has 0 fully saturated rings. The Balaban J connectivity index is 3.43. The molecule has 0 saturated heterocycles. The van der Waals surface area contributed by atoms with Gasteiger partial charge in [0.1, 0.15) is 0 Å². The average molecular weight is 170 g/mol. The Bertz CT molecular complexity index is 154. The van der Waals surface area contributed by atoms with E-state index in [9.17, 15) is 4.79 Å². The highest BCUT2D eigenvalue weighted by molar-refractivity contribution is 5.69. The zero-order chi connectivity index (χ0) is 9.61. The molecule has 0 atom stereocenters. The van der Waals surface area contributed by atoms with Gasteiger partial charge in [0, 0.05) is 6.42 Å². The molecule has 2 nitrogen and oxygen atoms in total. The lowest BCUT2D eigenvalue weighted by Crippen LogP contribution is -2.06. The molecule has 0 unspecified atom stereocenters. The van der Waals surface area contributed by atoms with Crippen molar-refractivity contribution >= 4 is 5.97 Å². The SMILES string of the molecule is C=COC(=O)CCCC(C)(C)C. The van der Waals surface area contributed by atoms with Gasteiger partial charge in [-0.3, -0.25) is 4.79 Å². The van der Waals surface area contributed by atoms with Gasteiger partial charge < -0.3 is 4.74 Å². The average Bonchev–Trinajstić information content (AvgIpc) is 1.84. The molecule has 0 aromatic carbocycles. The summed E-state index contributed by atoms with van der Waals surface area (Å²) in [5, 5.41) is 0. The van der Waals surface area contributed by atoms with Crippen molar-refractivity contribution in [3.05, 3.63) is 12.8 Å². The second-order valence-corrected chi connectivity index (χ2v) is 4.07. The summed E-state index contributed by atoms with van der Waals surface area (Å²) in [6, 6.07) is 0. The Morgan fingerprint density at radius 2 is 2.08 bits per heavy atom. The number of hydrogen-bond donors (Lipinski definition) is 0. The molecule has 0 aromatic heterocycles. The molecule has 0 rings (SSSR count). The molecule has 0 saturated carbocycles. The van der Waals surface area contributed by atoms with Crippen LogP contribution in [0.25, 0.3) is 0 Å². The summed E-state index contributed by atoms with van der Waals surface area (Å²) in [6.07, 6.45) is 3.60. The Morgan fingerprint density at radius 1 is 1.50 bits per heavy atom. The second-order valence-electron chi connectivity index (χ2n) is 4.07. The van der Waals surface area contributed by atoms with Gasteiger partial charge in [-0.25, -0.2) is 0 Å². The lowest BCUT2D eigenvalue weighted by Gasteiger charge is -2.16. The molecule has 0 aliphatic heterocycles. The van der Waals surface area contributed by atoms with E-state index in [1.807, 2.05) is 0 Å². The van der Waals surface area contributed by atoms with E-state index in [-0.39, 0.29) is 5.97 Å². The van der Waals surface area contributed by atoms with E-state index in [4.69, 9.17) is 0 Å². The van der Waals surface area contributed by atoms with Crippen LogP contribution in [0.3, 0.4) is 0 Å². The van der Waals surface area contributed by atoms with Gasteiger partial charge in [-0.05, 0) is 18.3 Å². The lowest BCUT2D eigenvalue weighted by atomic mass is 9.90. The Labute approximate surface area is 74.6 Å². The molecule has 0 bridgehead atoms. The van der Waals surface area contributed by atoms with Crippen LogP contribution < -0.4 is 0 Å². The van der Waals surface area contributed by atoms with E-state index < -0.39 is 0 Å². The van der Waals surface area contributed by atoms with Crippen LogP contribution in [0.15, 0.2) is 12.8 Å². The molecular weight excluding hydrogens is 152 g/mol. The minimum atomic E-state index is -0.186.